The third kappa shape index (κ3) is 3.29. The maximum Gasteiger partial charge on any atom is 0.0468 e. The molecule has 4 N–H and O–H groups in total. The molecular weight excluding hydrogens is 196 g/mol. The van der Waals surface area contributed by atoms with E-state index in [9.17, 15) is 0 Å². The Morgan fingerprint density at radius 1 is 1.64 bits per heavy atom. The van der Waals surface area contributed by atoms with Crippen molar-refractivity contribution in [1.29, 1.82) is 0 Å². The van der Waals surface area contributed by atoms with Crippen molar-refractivity contribution in [3.05, 3.63) is 16.3 Å². The van der Waals surface area contributed by atoms with E-state index in [4.69, 9.17) is 10.8 Å². The summed E-state index contributed by atoms with van der Waals surface area (Å²) >= 11 is 1.67. The van der Waals surface area contributed by atoms with Crippen molar-refractivity contribution in [2.75, 3.05) is 12.3 Å². The highest BCUT2D eigenvalue weighted by molar-refractivity contribution is 7.10. The zero-order valence-electron chi connectivity index (χ0n) is 8.49. The van der Waals surface area contributed by atoms with Gasteiger partial charge in [0.05, 0.1) is 0 Å². The largest absolute Gasteiger partial charge is 0.398 e. The van der Waals surface area contributed by atoms with E-state index in [1.165, 1.54) is 4.88 Å². The lowest BCUT2D eigenvalue weighted by atomic mass is 10.1. The molecule has 0 bridgehead atoms. The number of hydrogen-bond acceptors (Lipinski definition) is 4. The predicted molar refractivity (Wildman–Crippen MR) is 61.4 cm³/mol. The Hall–Kier alpha value is -0.580. The minimum absolute atomic E-state index is 0.241. The SMILES string of the molecule is CCC(CCO)NCc1sccc1N. The van der Waals surface area contributed by atoms with Crippen molar-refractivity contribution in [3.8, 4) is 0 Å². The van der Waals surface area contributed by atoms with Gasteiger partial charge in [-0.05, 0) is 24.3 Å². The van der Waals surface area contributed by atoms with Gasteiger partial charge in [-0.1, -0.05) is 6.92 Å². The van der Waals surface area contributed by atoms with Crippen LogP contribution in [0.1, 0.15) is 24.6 Å². The maximum absolute atomic E-state index is 8.82. The van der Waals surface area contributed by atoms with Crippen molar-refractivity contribution in [2.24, 2.45) is 0 Å². The summed E-state index contributed by atoms with van der Waals surface area (Å²) in [6, 6.07) is 2.32. The number of aliphatic hydroxyl groups is 1. The monoisotopic (exact) mass is 214 g/mol. The molecule has 0 amide bonds. The molecule has 1 aromatic rings. The molecule has 1 unspecified atom stereocenters. The van der Waals surface area contributed by atoms with Gasteiger partial charge in [-0.15, -0.1) is 11.3 Å². The smallest absolute Gasteiger partial charge is 0.0468 e. The molecule has 0 saturated carbocycles. The second-order valence-electron chi connectivity index (χ2n) is 3.30. The minimum Gasteiger partial charge on any atom is -0.398 e. The van der Waals surface area contributed by atoms with E-state index in [1.807, 2.05) is 11.4 Å². The van der Waals surface area contributed by atoms with Crippen molar-refractivity contribution >= 4 is 17.0 Å². The Kier molecular flexibility index (Phi) is 4.93. The number of nitrogens with one attached hydrogen (secondary N) is 1. The maximum atomic E-state index is 8.82. The van der Waals surface area contributed by atoms with Crippen LogP contribution in [0.3, 0.4) is 0 Å². The first-order valence-corrected chi connectivity index (χ1v) is 5.82. The highest BCUT2D eigenvalue weighted by Crippen LogP contribution is 2.18. The molecule has 1 atom stereocenters. The summed E-state index contributed by atoms with van der Waals surface area (Å²) in [6.45, 7) is 3.17. The normalized spacial score (nSPS) is 13.0. The fraction of sp³-hybridized carbons (Fsp3) is 0.600. The zero-order valence-corrected chi connectivity index (χ0v) is 9.31. The summed E-state index contributed by atoms with van der Waals surface area (Å²) in [5.41, 5.74) is 6.63. The first-order valence-electron chi connectivity index (χ1n) is 4.94. The highest BCUT2D eigenvalue weighted by atomic mass is 32.1. The van der Waals surface area contributed by atoms with Gasteiger partial charge in [0, 0.05) is 29.8 Å². The van der Waals surface area contributed by atoms with E-state index in [0.717, 1.165) is 25.1 Å². The van der Waals surface area contributed by atoms with Crippen LogP contribution in [0.25, 0.3) is 0 Å². The summed E-state index contributed by atoms with van der Waals surface area (Å²) in [7, 11) is 0. The lowest BCUT2D eigenvalue weighted by Crippen LogP contribution is -2.28. The number of nitrogens with two attached hydrogens (primary N) is 1. The fourth-order valence-electron chi connectivity index (χ4n) is 1.34. The van der Waals surface area contributed by atoms with Crippen LogP contribution in [0.4, 0.5) is 5.69 Å². The molecule has 1 rings (SSSR count). The van der Waals surface area contributed by atoms with E-state index in [0.29, 0.717) is 6.04 Å². The Bertz CT molecular complexity index is 262. The number of nitrogen functional groups attached to an aromatic ring is 1. The Morgan fingerprint density at radius 3 is 2.93 bits per heavy atom. The van der Waals surface area contributed by atoms with Gasteiger partial charge in [-0.2, -0.15) is 0 Å². The summed E-state index contributed by atoms with van der Waals surface area (Å²) in [6.07, 6.45) is 1.84. The standard InChI is InChI=1S/C10H18N2OS/c1-2-8(3-5-13)12-7-10-9(11)4-6-14-10/h4,6,8,12-13H,2-3,5,7,11H2,1H3. The molecule has 0 aliphatic carbocycles. The first-order chi connectivity index (χ1) is 6.77. The van der Waals surface area contributed by atoms with E-state index in [-0.39, 0.29) is 6.61 Å². The van der Waals surface area contributed by atoms with Gasteiger partial charge < -0.3 is 16.2 Å². The van der Waals surface area contributed by atoms with Crippen LogP contribution >= 0.6 is 11.3 Å². The molecule has 3 nitrogen and oxygen atoms in total. The quantitative estimate of drug-likeness (QED) is 0.674. The van der Waals surface area contributed by atoms with Crippen LogP contribution in [0.15, 0.2) is 11.4 Å². The zero-order chi connectivity index (χ0) is 10.4. The van der Waals surface area contributed by atoms with Crippen molar-refractivity contribution < 1.29 is 5.11 Å². The average Bonchev–Trinajstić information content (AvgIpc) is 2.59. The second-order valence-corrected chi connectivity index (χ2v) is 4.30. The minimum atomic E-state index is 0.241. The Balaban J connectivity index is 2.35. The lowest BCUT2D eigenvalue weighted by molar-refractivity contribution is 0.262. The molecule has 0 aliphatic rings. The van der Waals surface area contributed by atoms with Gasteiger partial charge in [0.2, 0.25) is 0 Å². The molecule has 0 saturated heterocycles. The van der Waals surface area contributed by atoms with Crippen LogP contribution in [-0.2, 0) is 6.54 Å². The van der Waals surface area contributed by atoms with Gasteiger partial charge >= 0.3 is 0 Å². The molecule has 0 aromatic carbocycles. The van der Waals surface area contributed by atoms with E-state index in [2.05, 4.69) is 12.2 Å². The molecule has 0 radical (unpaired) electrons. The van der Waals surface area contributed by atoms with Gasteiger partial charge in [0.25, 0.3) is 0 Å². The van der Waals surface area contributed by atoms with Crippen molar-refractivity contribution in [2.45, 2.75) is 32.4 Å². The topological polar surface area (TPSA) is 58.3 Å². The van der Waals surface area contributed by atoms with Crippen LogP contribution in [-0.4, -0.2) is 17.8 Å². The van der Waals surface area contributed by atoms with E-state index >= 15 is 0 Å². The molecule has 1 aromatic heterocycles. The molecular formula is C10H18N2OS. The van der Waals surface area contributed by atoms with Gasteiger partial charge in [-0.3, -0.25) is 0 Å². The van der Waals surface area contributed by atoms with Crippen molar-refractivity contribution in [3.63, 3.8) is 0 Å². The third-order valence-electron chi connectivity index (χ3n) is 2.30. The molecule has 4 heteroatoms. The number of thiophene rings is 1. The van der Waals surface area contributed by atoms with Gasteiger partial charge in [-0.25, -0.2) is 0 Å². The molecule has 0 spiro atoms. The number of rotatable bonds is 6. The predicted octanol–water partition coefficient (Wildman–Crippen LogP) is 1.58. The molecule has 80 valence electrons. The van der Waals surface area contributed by atoms with Crippen LogP contribution < -0.4 is 11.1 Å². The molecule has 14 heavy (non-hydrogen) atoms. The van der Waals surface area contributed by atoms with E-state index in [1.54, 1.807) is 11.3 Å². The summed E-state index contributed by atoms with van der Waals surface area (Å²) in [5.74, 6) is 0. The summed E-state index contributed by atoms with van der Waals surface area (Å²) in [5, 5.41) is 14.2. The number of aliphatic hydroxyl groups excluding tert-OH is 1. The first kappa shape index (κ1) is 11.5. The van der Waals surface area contributed by atoms with E-state index < -0.39 is 0 Å². The number of anilines is 1. The lowest BCUT2D eigenvalue weighted by Gasteiger charge is -2.15. The third-order valence-corrected chi connectivity index (χ3v) is 3.24. The molecule has 0 aliphatic heterocycles. The summed E-state index contributed by atoms with van der Waals surface area (Å²) < 4.78 is 0. The molecule has 0 fully saturated rings. The van der Waals surface area contributed by atoms with Crippen molar-refractivity contribution in [1.82, 2.24) is 5.32 Å². The fourth-order valence-corrected chi connectivity index (χ4v) is 2.09. The Labute approximate surface area is 88.9 Å². The van der Waals surface area contributed by atoms with Crippen LogP contribution in [0, 0.1) is 0 Å². The second kappa shape index (κ2) is 6.01. The highest BCUT2D eigenvalue weighted by Gasteiger charge is 2.06. The average molecular weight is 214 g/mol. The number of hydrogen-bond donors (Lipinski definition) is 3. The van der Waals surface area contributed by atoms with Crippen LogP contribution in [0.5, 0.6) is 0 Å². The molecule has 1 heterocycles. The van der Waals surface area contributed by atoms with Gasteiger partial charge in [0.1, 0.15) is 0 Å². The van der Waals surface area contributed by atoms with Gasteiger partial charge in [0.15, 0.2) is 0 Å². The Morgan fingerprint density at radius 2 is 2.43 bits per heavy atom. The van der Waals surface area contributed by atoms with Crippen LogP contribution in [0.2, 0.25) is 0 Å². The summed E-state index contributed by atoms with van der Waals surface area (Å²) in [4.78, 5) is 1.18.